The SMILES string of the molecule is CN=C(NCCCOCC1CC1)NCC1(C)CCCC1. The molecule has 0 heterocycles. The molecule has 0 spiro atoms. The molecule has 0 unspecified atom stereocenters. The molecule has 20 heavy (non-hydrogen) atoms. The third kappa shape index (κ3) is 5.70. The molecule has 4 nitrogen and oxygen atoms in total. The van der Waals surface area contributed by atoms with Crippen LogP contribution in [-0.2, 0) is 4.74 Å². The van der Waals surface area contributed by atoms with Gasteiger partial charge >= 0.3 is 0 Å². The van der Waals surface area contributed by atoms with Gasteiger partial charge in [0.1, 0.15) is 0 Å². The second-order valence-electron chi connectivity index (χ2n) is 6.74. The van der Waals surface area contributed by atoms with Crippen molar-refractivity contribution in [1.82, 2.24) is 10.6 Å². The van der Waals surface area contributed by atoms with Crippen molar-refractivity contribution in [2.75, 3.05) is 33.4 Å². The molecule has 0 aromatic rings. The van der Waals surface area contributed by atoms with Crippen LogP contribution in [0.25, 0.3) is 0 Å². The van der Waals surface area contributed by atoms with Crippen molar-refractivity contribution in [1.29, 1.82) is 0 Å². The summed E-state index contributed by atoms with van der Waals surface area (Å²) < 4.78 is 5.63. The summed E-state index contributed by atoms with van der Waals surface area (Å²) in [5.74, 6) is 1.80. The smallest absolute Gasteiger partial charge is 0.190 e. The first-order chi connectivity index (χ1) is 9.72. The lowest BCUT2D eigenvalue weighted by Crippen LogP contribution is -2.42. The normalized spacial score (nSPS) is 22.0. The predicted molar refractivity (Wildman–Crippen MR) is 84.1 cm³/mol. The average Bonchev–Trinajstić information content (AvgIpc) is 3.18. The van der Waals surface area contributed by atoms with E-state index in [-0.39, 0.29) is 0 Å². The minimum Gasteiger partial charge on any atom is -0.381 e. The largest absolute Gasteiger partial charge is 0.381 e. The first kappa shape index (κ1) is 15.6. The summed E-state index contributed by atoms with van der Waals surface area (Å²) >= 11 is 0. The van der Waals surface area contributed by atoms with Crippen LogP contribution in [0.4, 0.5) is 0 Å². The van der Waals surface area contributed by atoms with Gasteiger partial charge in [0.2, 0.25) is 0 Å². The van der Waals surface area contributed by atoms with Crippen LogP contribution in [0.1, 0.15) is 51.9 Å². The number of nitrogens with one attached hydrogen (secondary N) is 2. The second kappa shape index (κ2) is 7.87. The minimum atomic E-state index is 0.463. The Labute approximate surface area is 123 Å². The van der Waals surface area contributed by atoms with Crippen LogP contribution in [0.15, 0.2) is 4.99 Å². The highest BCUT2D eigenvalue weighted by molar-refractivity contribution is 5.79. The molecule has 0 amide bonds. The third-order valence-corrected chi connectivity index (χ3v) is 4.53. The van der Waals surface area contributed by atoms with E-state index in [1.54, 1.807) is 0 Å². The Morgan fingerprint density at radius 1 is 1.25 bits per heavy atom. The Balaban J connectivity index is 1.50. The van der Waals surface area contributed by atoms with E-state index in [9.17, 15) is 0 Å². The highest BCUT2D eigenvalue weighted by Crippen LogP contribution is 2.36. The summed E-state index contributed by atoms with van der Waals surface area (Å²) in [6, 6.07) is 0. The molecule has 0 aromatic carbocycles. The van der Waals surface area contributed by atoms with Crippen molar-refractivity contribution in [2.24, 2.45) is 16.3 Å². The summed E-state index contributed by atoms with van der Waals surface area (Å²) in [6.45, 7) is 6.17. The Kier molecular flexibility index (Phi) is 6.14. The van der Waals surface area contributed by atoms with Gasteiger partial charge < -0.3 is 15.4 Å². The van der Waals surface area contributed by atoms with E-state index in [1.165, 1.54) is 38.5 Å². The lowest BCUT2D eigenvalue weighted by molar-refractivity contribution is 0.123. The molecule has 0 bridgehead atoms. The predicted octanol–water partition coefficient (Wildman–Crippen LogP) is 2.55. The van der Waals surface area contributed by atoms with Gasteiger partial charge in [-0.15, -0.1) is 0 Å². The molecule has 2 aliphatic carbocycles. The first-order valence-corrected chi connectivity index (χ1v) is 8.24. The quantitative estimate of drug-likeness (QED) is 0.408. The summed E-state index contributed by atoms with van der Waals surface area (Å²) in [7, 11) is 1.84. The van der Waals surface area contributed by atoms with Crippen molar-refractivity contribution in [3.8, 4) is 0 Å². The van der Waals surface area contributed by atoms with E-state index in [1.807, 2.05) is 7.05 Å². The summed E-state index contributed by atoms with van der Waals surface area (Å²) in [5.41, 5.74) is 0.463. The highest BCUT2D eigenvalue weighted by Gasteiger charge is 2.28. The molecule has 116 valence electrons. The van der Waals surface area contributed by atoms with Crippen molar-refractivity contribution in [3.05, 3.63) is 0 Å². The molecular weight excluding hydrogens is 250 g/mol. The number of aliphatic imine (C=N–C) groups is 1. The van der Waals surface area contributed by atoms with Gasteiger partial charge in [-0.2, -0.15) is 0 Å². The maximum atomic E-state index is 5.63. The summed E-state index contributed by atoms with van der Waals surface area (Å²) in [6.07, 6.45) is 9.22. The molecule has 0 saturated heterocycles. The highest BCUT2D eigenvalue weighted by atomic mass is 16.5. The average molecular weight is 281 g/mol. The maximum Gasteiger partial charge on any atom is 0.190 e. The van der Waals surface area contributed by atoms with Crippen LogP contribution in [0.5, 0.6) is 0 Å². The molecule has 2 saturated carbocycles. The van der Waals surface area contributed by atoms with Gasteiger partial charge in [-0.1, -0.05) is 19.8 Å². The molecule has 2 N–H and O–H groups in total. The Bertz CT molecular complexity index is 307. The van der Waals surface area contributed by atoms with Gasteiger partial charge in [0.05, 0.1) is 0 Å². The Morgan fingerprint density at radius 2 is 2.00 bits per heavy atom. The van der Waals surface area contributed by atoms with Crippen LogP contribution in [0, 0.1) is 11.3 Å². The number of nitrogens with zero attached hydrogens (tertiary/aromatic N) is 1. The van der Waals surface area contributed by atoms with Crippen LogP contribution in [-0.4, -0.2) is 39.3 Å². The summed E-state index contributed by atoms with van der Waals surface area (Å²) in [4.78, 5) is 4.29. The van der Waals surface area contributed by atoms with E-state index in [0.717, 1.165) is 44.6 Å². The molecule has 2 rings (SSSR count). The lowest BCUT2D eigenvalue weighted by atomic mass is 9.89. The van der Waals surface area contributed by atoms with Crippen LogP contribution in [0.2, 0.25) is 0 Å². The topological polar surface area (TPSA) is 45.7 Å². The zero-order valence-corrected chi connectivity index (χ0v) is 13.2. The molecular formula is C16H31N3O. The summed E-state index contributed by atoms with van der Waals surface area (Å²) in [5, 5.41) is 6.84. The van der Waals surface area contributed by atoms with E-state index in [0.29, 0.717) is 5.41 Å². The van der Waals surface area contributed by atoms with Gasteiger partial charge in [0.15, 0.2) is 5.96 Å². The van der Waals surface area contributed by atoms with Crippen LogP contribution < -0.4 is 10.6 Å². The molecule has 0 aliphatic heterocycles. The standard InChI is InChI=1S/C16H31N3O/c1-16(8-3-4-9-16)13-19-15(17-2)18-10-5-11-20-12-14-6-7-14/h14H,3-13H2,1-2H3,(H2,17,18,19). The molecule has 0 aromatic heterocycles. The Hall–Kier alpha value is -0.770. The van der Waals surface area contributed by atoms with Gasteiger partial charge in [0.25, 0.3) is 0 Å². The zero-order chi connectivity index (χ0) is 14.3. The van der Waals surface area contributed by atoms with Gasteiger partial charge in [-0.25, -0.2) is 0 Å². The minimum absolute atomic E-state index is 0.463. The number of hydrogen-bond acceptors (Lipinski definition) is 2. The number of ether oxygens (including phenoxy) is 1. The first-order valence-electron chi connectivity index (χ1n) is 8.24. The van der Waals surface area contributed by atoms with E-state index >= 15 is 0 Å². The fraction of sp³-hybridized carbons (Fsp3) is 0.938. The van der Waals surface area contributed by atoms with E-state index < -0.39 is 0 Å². The number of rotatable bonds is 8. The maximum absolute atomic E-state index is 5.63. The number of guanidine groups is 1. The van der Waals surface area contributed by atoms with Crippen LogP contribution >= 0.6 is 0 Å². The van der Waals surface area contributed by atoms with E-state index in [4.69, 9.17) is 4.74 Å². The Morgan fingerprint density at radius 3 is 2.65 bits per heavy atom. The fourth-order valence-electron chi connectivity index (χ4n) is 2.84. The zero-order valence-electron chi connectivity index (χ0n) is 13.2. The van der Waals surface area contributed by atoms with Gasteiger partial charge in [0, 0.05) is 33.4 Å². The molecule has 0 atom stereocenters. The van der Waals surface area contributed by atoms with Crippen LogP contribution in [0.3, 0.4) is 0 Å². The molecule has 4 heteroatoms. The van der Waals surface area contributed by atoms with Crippen molar-refractivity contribution in [3.63, 3.8) is 0 Å². The second-order valence-corrected chi connectivity index (χ2v) is 6.74. The fourth-order valence-corrected chi connectivity index (χ4v) is 2.84. The van der Waals surface area contributed by atoms with Crippen molar-refractivity contribution < 1.29 is 4.74 Å². The number of hydrogen-bond donors (Lipinski definition) is 2. The molecule has 2 aliphatic rings. The monoisotopic (exact) mass is 281 g/mol. The van der Waals surface area contributed by atoms with Gasteiger partial charge in [-0.05, 0) is 43.4 Å². The van der Waals surface area contributed by atoms with Gasteiger partial charge in [-0.3, -0.25) is 4.99 Å². The third-order valence-electron chi connectivity index (χ3n) is 4.53. The van der Waals surface area contributed by atoms with Crippen molar-refractivity contribution >= 4 is 5.96 Å². The lowest BCUT2D eigenvalue weighted by Gasteiger charge is -2.25. The van der Waals surface area contributed by atoms with Crippen molar-refractivity contribution in [2.45, 2.75) is 51.9 Å². The molecule has 2 fully saturated rings. The molecule has 0 radical (unpaired) electrons. The van der Waals surface area contributed by atoms with E-state index in [2.05, 4.69) is 22.5 Å².